The summed E-state index contributed by atoms with van der Waals surface area (Å²) >= 11 is 0. The molecule has 0 aromatic heterocycles. The number of hydrogen-bond acceptors (Lipinski definition) is 6. The van der Waals surface area contributed by atoms with Crippen LogP contribution in [-0.2, 0) is 15.7 Å². The van der Waals surface area contributed by atoms with Crippen molar-refractivity contribution in [2.45, 2.75) is 44.0 Å². The Morgan fingerprint density at radius 2 is 1.69 bits per heavy atom. The molecular weight excluding hydrogens is 563 g/mol. The molecule has 1 amide bonds. The molecule has 3 aromatic carbocycles. The number of ether oxygens (including phenoxy) is 1. The first-order valence-corrected chi connectivity index (χ1v) is 13.6. The molecule has 8 nitrogen and oxygen atoms in total. The molecule has 2 fully saturated rings. The molecule has 1 saturated heterocycles. The van der Waals surface area contributed by atoms with E-state index >= 15 is 4.39 Å². The summed E-state index contributed by atoms with van der Waals surface area (Å²) in [6.07, 6.45) is -2.63. The van der Waals surface area contributed by atoms with Crippen molar-refractivity contribution < 1.29 is 36.4 Å². The standard InChI is InChI=1S/C29H29F5N4O4/c30-19-2-8-23-18(15-19)1-9-26(28(23)31)36-11-13-37(14-12-36)27(39)17-42-22-6-3-20(4-7-22)35-21-5-10-25(38(40)41)24(16-21)29(32,33)34/h1-2,5,8-10,15-16,20,22,35H,3-4,6-7,11-14,17H2. The van der Waals surface area contributed by atoms with Crippen LogP contribution in [0.4, 0.5) is 39.0 Å². The molecule has 1 saturated carbocycles. The van der Waals surface area contributed by atoms with Gasteiger partial charge in [0.1, 0.15) is 18.0 Å². The van der Waals surface area contributed by atoms with Gasteiger partial charge in [0.05, 0.1) is 16.7 Å². The molecular formula is C29H29F5N4O4. The number of halogens is 5. The Balaban J connectivity index is 1.07. The Morgan fingerprint density at radius 3 is 2.36 bits per heavy atom. The highest BCUT2D eigenvalue weighted by Gasteiger charge is 2.38. The van der Waals surface area contributed by atoms with Crippen molar-refractivity contribution in [3.8, 4) is 0 Å². The third-order valence-corrected chi connectivity index (χ3v) is 7.85. The third kappa shape index (κ3) is 6.56. The molecule has 1 aliphatic carbocycles. The Bertz CT molecular complexity index is 1470. The maximum Gasteiger partial charge on any atom is 0.423 e. The molecule has 1 N–H and O–H groups in total. The van der Waals surface area contributed by atoms with E-state index in [2.05, 4.69) is 5.32 Å². The number of rotatable bonds is 7. The summed E-state index contributed by atoms with van der Waals surface area (Å²) in [5.74, 6) is -1.02. The van der Waals surface area contributed by atoms with E-state index in [9.17, 15) is 32.5 Å². The predicted molar refractivity (Wildman–Crippen MR) is 146 cm³/mol. The topological polar surface area (TPSA) is 87.9 Å². The van der Waals surface area contributed by atoms with Crippen LogP contribution in [0.2, 0.25) is 0 Å². The fourth-order valence-corrected chi connectivity index (χ4v) is 5.59. The molecule has 0 atom stereocenters. The van der Waals surface area contributed by atoms with Crippen molar-refractivity contribution in [2.75, 3.05) is 43.0 Å². The van der Waals surface area contributed by atoms with Crippen LogP contribution >= 0.6 is 0 Å². The largest absolute Gasteiger partial charge is 0.423 e. The smallest absolute Gasteiger partial charge is 0.382 e. The number of nitro groups is 1. The molecule has 0 bridgehead atoms. The number of nitro benzene ring substituents is 1. The second kappa shape index (κ2) is 12.1. The highest BCUT2D eigenvalue weighted by atomic mass is 19.4. The maximum absolute atomic E-state index is 15.1. The lowest BCUT2D eigenvalue weighted by Crippen LogP contribution is -2.50. The van der Waals surface area contributed by atoms with Crippen LogP contribution in [0.25, 0.3) is 10.8 Å². The van der Waals surface area contributed by atoms with Crippen LogP contribution in [0.15, 0.2) is 48.5 Å². The van der Waals surface area contributed by atoms with Crippen LogP contribution in [0.3, 0.4) is 0 Å². The van der Waals surface area contributed by atoms with Gasteiger partial charge in [-0.05, 0) is 67.5 Å². The van der Waals surface area contributed by atoms with Gasteiger partial charge in [0.25, 0.3) is 5.69 Å². The SMILES string of the molecule is O=C(COC1CCC(Nc2ccc([N+](=O)[O-])c(C(F)(F)F)c2)CC1)N1CCN(c2ccc3cc(F)ccc3c2F)CC1. The van der Waals surface area contributed by atoms with Crippen molar-refractivity contribution in [3.05, 3.63) is 75.8 Å². The summed E-state index contributed by atoms with van der Waals surface area (Å²) in [5.41, 5.74) is -1.72. The Labute approximate surface area is 238 Å². The summed E-state index contributed by atoms with van der Waals surface area (Å²) in [6, 6.07) is 9.98. The number of carbonyl (C=O) groups excluding carboxylic acids is 1. The van der Waals surface area contributed by atoms with E-state index in [1.807, 2.05) is 4.90 Å². The molecule has 0 radical (unpaired) electrons. The van der Waals surface area contributed by atoms with Crippen molar-refractivity contribution in [2.24, 2.45) is 0 Å². The number of amides is 1. The lowest BCUT2D eigenvalue weighted by molar-refractivity contribution is -0.388. The first-order valence-electron chi connectivity index (χ1n) is 13.6. The zero-order valence-electron chi connectivity index (χ0n) is 22.5. The minimum atomic E-state index is -4.85. The molecule has 3 aromatic rings. The molecule has 0 unspecified atom stereocenters. The fraction of sp³-hybridized carbons (Fsp3) is 0.414. The molecule has 5 rings (SSSR count). The average Bonchev–Trinajstić information content (AvgIpc) is 2.96. The zero-order valence-corrected chi connectivity index (χ0v) is 22.5. The second-order valence-corrected chi connectivity index (χ2v) is 10.5. The molecule has 42 heavy (non-hydrogen) atoms. The summed E-state index contributed by atoms with van der Waals surface area (Å²) in [5, 5.41) is 14.8. The minimum Gasteiger partial charge on any atom is -0.382 e. The number of hydrogen-bond donors (Lipinski definition) is 1. The molecule has 1 heterocycles. The first-order chi connectivity index (χ1) is 20.0. The zero-order chi connectivity index (χ0) is 30.0. The fourth-order valence-electron chi connectivity index (χ4n) is 5.59. The Morgan fingerprint density at radius 1 is 0.976 bits per heavy atom. The summed E-state index contributed by atoms with van der Waals surface area (Å²) in [7, 11) is 0. The summed E-state index contributed by atoms with van der Waals surface area (Å²) in [6.45, 7) is 1.56. The van der Waals surface area contributed by atoms with Crippen LogP contribution in [0.1, 0.15) is 31.2 Å². The monoisotopic (exact) mass is 592 g/mol. The van der Waals surface area contributed by atoms with E-state index in [1.54, 1.807) is 17.0 Å². The highest BCUT2D eigenvalue weighted by molar-refractivity contribution is 5.87. The van der Waals surface area contributed by atoms with Gasteiger partial charge in [-0.2, -0.15) is 13.2 Å². The van der Waals surface area contributed by atoms with Gasteiger partial charge in [-0.15, -0.1) is 0 Å². The van der Waals surface area contributed by atoms with Crippen molar-refractivity contribution in [3.63, 3.8) is 0 Å². The van der Waals surface area contributed by atoms with Crippen molar-refractivity contribution in [1.82, 2.24) is 4.90 Å². The second-order valence-electron chi connectivity index (χ2n) is 10.5. The molecule has 13 heteroatoms. The summed E-state index contributed by atoms with van der Waals surface area (Å²) < 4.78 is 74.2. The number of alkyl halides is 3. The van der Waals surface area contributed by atoms with Crippen LogP contribution in [-0.4, -0.2) is 60.7 Å². The highest BCUT2D eigenvalue weighted by Crippen LogP contribution is 2.38. The number of carbonyl (C=O) groups is 1. The molecule has 0 spiro atoms. The Hall–Kier alpha value is -4.00. The lowest BCUT2D eigenvalue weighted by Gasteiger charge is -2.36. The van der Waals surface area contributed by atoms with Crippen LogP contribution in [0.5, 0.6) is 0 Å². The molecule has 224 valence electrons. The van der Waals surface area contributed by atoms with Gasteiger partial charge in [-0.1, -0.05) is 6.07 Å². The normalized spacial score (nSPS) is 19.6. The van der Waals surface area contributed by atoms with Gasteiger partial charge in [-0.25, -0.2) is 8.78 Å². The number of piperazine rings is 1. The quantitative estimate of drug-likeness (QED) is 0.202. The first kappa shape index (κ1) is 29.5. The number of benzene rings is 3. The van der Waals surface area contributed by atoms with Gasteiger partial charge < -0.3 is 19.9 Å². The van der Waals surface area contributed by atoms with Gasteiger partial charge in [0.2, 0.25) is 5.91 Å². The number of anilines is 2. The van der Waals surface area contributed by atoms with Crippen molar-refractivity contribution in [1.29, 1.82) is 0 Å². The van der Waals surface area contributed by atoms with E-state index in [1.165, 1.54) is 24.3 Å². The Kier molecular flexibility index (Phi) is 8.48. The van der Waals surface area contributed by atoms with Crippen LogP contribution in [0, 0.1) is 21.7 Å². The van der Waals surface area contributed by atoms with E-state index in [0.717, 1.165) is 12.1 Å². The van der Waals surface area contributed by atoms with Gasteiger partial charge in [0, 0.05) is 49.4 Å². The summed E-state index contributed by atoms with van der Waals surface area (Å²) in [4.78, 5) is 26.2. The van der Waals surface area contributed by atoms with Crippen LogP contribution < -0.4 is 10.2 Å². The third-order valence-electron chi connectivity index (χ3n) is 7.85. The molecule has 2 aliphatic rings. The predicted octanol–water partition coefficient (Wildman–Crippen LogP) is 6.13. The van der Waals surface area contributed by atoms with E-state index in [4.69, 9.17) is 4.74 Å². The number of nitrogens with zero attached hydrogens (tertiary/aromatic N) is 3. The average molecular weight is 593 g/mol. The van der Waals surface area contributed by atoms with Gasteiger partial charge in [-0.3, -0.25) is 14.9 Å². The molecule has 1 aliphatic heterocycles. The van der Waals surface area contributed by atoms with E-state index in [-0.39, 0.29) is 30.3 Å². The maximum atomic E-state index is 15.1. The van der Waals surface area contributed by atoms with E-state index in [0.29, 0.717) is 68.3 Å². The van der Waals surface area contributed by atoms with E-state index < -0.39 is 34.0 Å². The number of nitrogens with one attached hydrogen (secondary N) is 1. The van der Waals surface area contributed by atoms with Gasteiger partial charge >= 0.3 is 6.18 Å². The lowest BCUT2D eigenvalue weighted by atomic mass is 9.92. The van der Waals surface area contributed by atoms with Crippen molar-refractivity contribution >= 4 is 33.7 Å². The van der Waals surface area contributed by atoms with Gasteiger partial charge in [0.15, 0.2) is 5.82 Å². The number of fused-ring (bicyclic) bond motifs is 1. The minimum absolute atomic E-state index is 0.101.